The zero-order valence-corrected chi connectivity index (χ0v) is 12.5. The topological polar surface area (TPSA) is 29.9 Å². The summed E-state index contributed by atoms with van der Waals surface area (Å²) in [6, 6.07) is 0.463. The van der Waals surface area contributed by atoms with Gasteiger partial charge in [0, 0.05) is 24.3 Å². The van der Waals surface area contributed by atoms with Gasteiger partial charge < -0.3 is 5.32 Å². The van der Waals surface area contributed by atoms with E-state index in [9.17, 15) is 0 Å². The van der Waals surface area contributed by atoms with Crippen molar-refractivity contribution in [1.29, 1.82) is 0 Å². The maximum atomic E-state index is 4.33. The number of hydrogen-bond acceptors (Lipinski definition) is 2. The summed E-state index contributed by atoms with van der Waals surface area (Å²) in [5.74, 6) is 0. The first-order valence-electron chi connectivity index (χ1n) is 7.36. The minimum Gasteiger partial charge on any atom is -0.313 e. The van der Waals surface area contributed by atoms with Crippen molar-refractivity contribution in [3.05, 3.63) is 17.5 Å². The molecule has 1 unspecified atom stereocenters. The maximum Gasteiger partial charge on any atom is 0.0540 e. The maximum absolute atomic E-state index is 4.33. The highest BCUT2D eigenvalue weighted by molar-refractivity contribution is 5.20. The summed E-state index contributed by atoms with van der Waals surface area (Å²) in [4.78, 5) is 0. The molecule has 0 bridgehead atoms. The summed E-state index contributed by atoms with van der Waals surface area (Å²) in [6.45, 7) is 4.41. The van der Waals surface area contributed by atoms with Gasteiger partial charge in [-0.15, -0.1) is 0 Å². The molecule has 1 rings (SSSR count). The van der Waals surface area contributed by atoms with Gasteiger partial charge in [0.25, 0.3) is 0 Å². The van der Waals surface area contributed by atoms with Gasteiger partial charge in [-0.3, -0.25) is 4.68 Å². The Morgan fingerprint density at radius 2 is 1.89 bits per heavy atom. The van der Waals surface area contributed by atoms with Crippen LogP contribution in [0.3, 0.4) is 0 Å². The van der Waals surface area contributed by atoms with Gasteiger partial charge in [0.15, 0.2) is 0 Å². The normalized spacial score (nSPS) is 12.9. The van der Waals surface area contributed by atoms with Gasteiger partial charge in [0.1, 0.15) is 0 Å². The van der Waals surface area contributed by atoms with Gasteiger partial charge >= 0.3 is 0 Å². The predicted octanol–water partition coefficient (Wildman–Crippen LogP) is 3.74. The van der Waals surface area contributed by atoms with E-state index in [2.05, 4.69) is 24.3 Å². The minimum atomic E-state index is 0.463. The lowest BCUT2D eigenvalue weighted by atomic mass is 10.0. The van der Waals surface area contributed by atoms with Crippen molar-refractivity contribution >= 4 is 0 Å². The van der Waals surface area contributed by atoms with Gasteiger partial charge in [-0.05, 0) is 20.4 Å². The van der Waals surface area contributed by atoms with E-state index in [-0.39, 0.29) is 0 Å². The summed E-state index contributed by atoms with van der Waals surface area (Å²) >= 11 is 0. The molecule has 3 heteroatoms. The summed E-state index contributed by atoms with van der Waals surface area (Å²) in [7, 11) is 4.06. The van der Waals surface area contributed by atoms with Crippen LogP contribution in [-0.4, -0.2) is 16.8 Å². The molecule has 18 heavy (non-hydrogen) atoms. The second-order valence-electron chi connectivity index (χ2n) is 5.21. The molecule has 0 saturated carbocycles. The van der Waals surface area contributed by atoms with Crippen LogP contribution in [0, 0.1) is 6.92 Å². The van der Waals surface area contributed by atoms with Crippen LogP contribution in [0.4, 0.5) is 0 Å². The molecule has 1 aromatic rings. The molecule has 0 aliphatic heterocycles. The first-order valence-corrected chi connectivity index (χ1v) is 7.36. The van der Waals surface area contributed by atoms with Crippen molar-refractivity contribution in [2.45, 2.75) is 64.8 Å². The number of aromatic nitrogens is 2. The molecule has 0 aliphatic rings. The fourth-order valence-electron chi connectivity index (χ4n) is 2.44. The molecular weight excluding hydrogens is 222 g/mol. The van der Waals surface area contributed by atoms with Gasteiger partial charge in [-0.1, -0.05) is 45.4 Å². The van der Waals surface area contributed by atoms with E-state index in [1.807, 2.05) is 25.0 Å². The van der Waals surface area contributed by atoms with Crippen LogP contribution < -0.4 is 5.32 Å². The Morgan fingerprint density at radius 1 is 1.22 bits per heavy atom. The first-order chi connectivity index (χ1) is 8.70. The standard InChI is InChI=1S/C15H29N3/c1-5-6-7-8-9-10-11-15(16-3)14-12-17-18(4)13(14)2/h12,15-16H,5-11H2,1-4H3. The molecular formula is C15H29N3. The van der Waals surface area contributed by atoms with Crippen LogP contribution >= 0.6 is 0 Å². The molecule has 104 valence electrons. The fourth-order valence-corrected chi connectivity index (χ4v) is 2.44. The number of unbranched alkanes of at least 4 members (excludes halogenated alkanes) is 5. The Balaban J connectivity index is 2.32. The first kappa shape index (κ1) is 15.2. The van der Waals surface area contributed by atoms with Crippen molar-refractivity contribution in [3.63, 3.8) is 0 Å². The molecule has 0 aromatic carbocycles. The Labute approximate surface area is 112 Å². The molecule has 1 aromatic heterocycles. The molecule has 0 radical (unpaired) electrons. The van der Waals surface area contributed by atoms with E-state index in [0.717, 1.165) is 0 Å². The Kier molecular flexibility index (Phi) is 7.02. The smallest absolute Gasteiger partial charge is 0.0540 e. The molecule has 0 saturated heterocycles. The van der Waals surface area contributed by atoms with Crippen LogP contribution in [0.25, 0.3) is 0 Å². The summed E-state index contributed by atoms with van der Waals surface area (Å²) in [6.07, 6.45) is 11.4. The Hall–Kier alpha value is -0.830. The second-order valence-corrected chi connectivity index (χ2v) is 5.21. The molecule has 1 heterocycles. The largest absolute Gasteiger partial charge is 0.313 e. The van der Waals surface area contributed by atoms with E-state index in [1.165, 1.54) is 56.2 Å². The summed E-state index contributed by atoms with van der Waals surface area (Å²) in [5.41, 5.74) is 2.63. The van der Waals surface area contributed by atoms with E-state index >= 15 is 0 Å². The van der Waals surface area contributed by atoms with Crippen LogP contribution in [-0.2, 0) is 7.05 Å². The quantitative estimate of drug-likeness (QED) is 0.678. The van der Waals surface area contributed by atoms with Crippen LogP contribution in [0.1, 0.15) is 69.2 Å². The zero-order valence-electron chi connectivity index (χ0n) is 12.5. The van der Waals surface area contributed by atoms with Crippen molar-refractivity contribution < 1.29 is 0 Å². The second kappa shape index (κ2) is 8.30. The van der Waals surface area contributed by atoms with E-state index in [1.54, 1.807) is 0 Å². The predicted molar refractivity (Wildman–Crippen MR) is 77.7 cm³/mol. The van der Waals surface area contributed by atoms with Crippen molar-refractivity contribution in [2.24, 2.45) is 7.05 Å². The number of hydrogen-bond donors (Lipinski definition) is 1. The Bertz CT molecular complexity index is 330. The van der Waals surface area contributed by atoms with Crippen molar-refractivity contribution in [3.8, 4) is 0 Å². The number of aryl methyl sites for hydroxylation is 1. The summed E-state index contributed by atoms with van der Waals surface area (Å²) in [5, 5.41) is 7.75. The average molecular weight is 251 g/mol. The lowest BCUT2D eigenvalue weighted by Gasteiger charge is -2.15. The SMILES string of the molecule is CCCCCCCCC(NC)c1cnn(C)c1C. The van der Waals surface area contributed by atoms with Gasteiger partial charge in [-0.25, -0.2) is 0 Å². The lowest BCUT2D eigenvalue weighted by Crippen LogP contribution is -2.17. The van der Waals surface area contributed by atoms with Gasteiger partial charge in [-0.2, -0.15) is 5.10 Å². The van der Waals surface area contributed by atoms with Crippen molar-refractivity contribution in [1.82, 2.24) is 15.1 Å². The third kappa shape index (κ3) is 4.45. The van der Waals surface area contributed by atoms with E-state index < -0.39 is 0 Å². The molecule has 0 aliphatic carbocycles. The van der Waals surface area contributed by atoms with E-state index in [4.69, 9.17) is 0 Å². The lowest BCUT2D eigenvalue weighted by molar-refractivity contribution is 0.495. The molecule has 1 atom stereocenters. The summed E-state index contributed by atoms with van der Waals surface area (Å²) < 4.78 is 1.96. The van der Waals surface area contributed by atoms with Crippen LogP contribution in [0.2, 0.25) is 0 Å². The minimum absolute atomic E-state index is 0.463. The third-order valence-electron chi connectivity index (χ3n) is 3.84. The zero-order chi connectivity index (χ0) is 13.4. The molecule has 0 fully saturated rings. The van der Waals surface area contributed by atoms with Crippen LogP contribution in [0.5, 0.6) is 0 Å². The number of rotatable bonds is 9. The van der Waals surface area contributed by atoms with Gasteiger partial charge in [0.2, 0.25) is 0 Å². The fraction of sp³-hybridized carbons (Fsp3) is 0.800. The molecule has 3 nitrogen and oxygen atoms in total. The van der Waals surface area contributed by atoms with Crippen molar-refractivity contribution in [2.75, 3.05) is 7.05 Å². The number of nitrogens with one attached hydrogen (secondary N) is 1. The Morgan fingerprint density at radius 3 is 2.44 bits per heavy atom. The van der Waals surface area contributed by atoms with Crippen LogP contribution in [0.15, 0.2) is 6.20 Å². The molecule has 1 N–H and O–H groups in total. The highest BCUT2D eigenvalue weighted by atomic mass is 15.3. The highest BCUT2D eigenvalue weighted by Gasteiger charge is 2.14. The molecule has 0 amide bonds. The number of nitrogens with zero attached hydrogens (tertiary/aromatic N) is 2. The molecule has 0 spiro atoms. The third-order valence-corrected chi connectivity index (χ3v) is 3.84. The van der Waals surface area contributed by atoms with Gasteiger partial charge in [0.05, 0.1) is 6.20 Å². The average Bonchev–Trinajstić information content (AvgIpc) is 2.70. The van der Waals surface area contributed by atoms with E-state index in [0.29, 0.717) is 6.04 Å². The monoisotopic (exact) mass is 251 g/mol. The highest BCUT2D eigenvalue weighted by Crippen LogP contribution is 2.22.